The highest BCUT2D eigenvalue weighted by Gasteiger charge is 2.09. The van der Waals surface area contributed by atoms with Crippen LogP contribution in [0.1, 0.15) is 41.8 Å². The topological polar surface area (TPSA) is 55.4 Å². The quantitative estimate of drug-likeness (QED) is 0.830. The normalized spacial score (nSPS) is 10.4. The van der Waals surface area contributed by atoms with Crippen molar-refractivity contribution in [3.05, 3.63) is 34.9 Å². The van der Waals surface area contributed by atoms with Gasteiger partial charge in [-0.1, -0.05) is 17.2 Å². The molecule has 0 radical (unpaired) electrons. The smallest absolute Gasteiger partial charge is 0.307 e. The lowest BCUT2D eigenvalue weighted by Crippen LogP contribution is -2.27. The van der Waals surface area contributed by atoms with E-state index in [0.717, 1.165) is 11.1 Å². The van der Waals surface area contributed by atoms with Crippen LogP contribution in [0.25, 0.3) is 0 Å². The van der Waals surface area contributed by atoms with Gasteiger partial charge in [-0.15, -0.1) is 0 Å². The lowest BCUT2D eigenvalue weighted by molar-refractivity contribution is -0.147. The highest BCUT2D eigenvalue weighted by atomic mass is 16.5. The molecule has 19 heavy (non-hydrogen) atoms. The molecule has 4 nitrogen and oxygen atoms in total. The van der Waals surface area contributed by atoms with Crippen LogP contribution < -0.4 is 5.32 Å². The van der Waals surface area contributed by atoms with Gasteiger partial charge in [0.05, 0.1) is 12.5 Å². The van der Waals surface area contributed by atoms with E-state index in [1.165, 1.54) is 0 Å². The molecule has 0 aliphatic carbocycles. The number of hydrogen-bond acceptors (Lipinski definition) is 3. The van der Waals surface area contributed by atoms with Gasteiger partial charge in [-0.3, -0.25) is 9.59 Å². The second-order valence-corrected chi connectivity index (χ2v) is 4.92. The Morgan fingerprint density at radius 2 is 1.74 bits per heavy atom. The van der Waals surface area contributed by atoms with E-state index in [4.69, 9.17) is 4.74 Å². The summed E-state index contributed by atoms with van der Waals surface area (Å²) < 4.78 is 4.99. The average molecular weight is 263 g/mol. The molecule has 0 aliphatic rings. The molecule has 0 spiro atoms. The Hall–Kier alpha value is -1.84. The molecule has 0 heterocycles. The predicted octanol–water partition coefficient (Wildman–Crippen LogP) is 2.37. The fraction of sp³-hybridized carbons (Fsp3) is 0.467. The number of aryl methyl sites for hydroxylation is 2. The molecule has 1 N–H and O–H groups in total. The van der Waals surface area contributed by atoms with Crippen LogP contribution in [-0.2, 0) is 9.53 Å². The van der Waals surface area contributed by atoms with Crippen molar-refractivity contribution in [2.45, 2.75) is 40.2 Å². The standard InChI is InChI=1S/C15H21NO3/c1-10(2)19-14(17)5-6-16-15(18)13-8-11(3)7-12(4)9-13/h7-10H,5-6H2,1-4H3,(H,16,18). The van der Waals surface area contributed by atoms with Gasteiger partial charge in [0.25, 0.3) is 5.91 Å². The van der Waals surface area contributed by atoms with Crippen molar-refractivity contribution in [2.24, 2.45) is 0 Å². The highest BCUT2D eigenvalue weighted by molar-refractivity contribution is 5.94. The molecule has 4 heteroatoms. The molecule has 1 amide bonds. The van der Waals surface area contributed by atoms with Gasteiger partial charge in [0, 0.05) is 12.1 Å². The number of ether oxygens (including phenoxy) is 1. The SMILES string of the molecule is Cc1cc(C)cc(C(=O)NCCC(=O)OC(C)C)c1. The van der Waals surface area contributed by atoms with Gasteiger partial charge < -0.3 is 10.1 Å². The molecule has 0 saturated carbocycles. The first kappa shape index (κ1) is 15.2. The highest BCUT2D eigenvalue weighted by Crippen LogP contribution is 2.08. The molecule has 1 rings (SSSR count). The molecule has 0 aliphatic heterocycles. The van der Waals surface area contributed by atoms with Gasteiger partial charge in [-0.2, -0.15) is 0 Å². The van der Waals surface area contributed by atoms with Crippen LogP contribution in [0.3, 0.4) is 0 Å². The fourth-order valence-electron chi connectivity index (χ4n) is 1.81. The first-order chi connectivity index (χ1) is 8.88. The number of esters is 1. The van der Waals surface area contributed by atoms with Gasteiger partial charge in [-0.25, -0.2) is 0 Å². The van der Waals surface area contributed by atoms with Crippen LogP contribution in [0.4, 0.5) is 0 Å². The van der Waals surface area contributed by atoms with E-state index in [9.17, 15) is 9.59 Å². The van der Waals surface area contributed by atoms with Crippen LogP contribution in [0, 0.1) is 13.8 Å². The van der Waals surface area contributed by atoms with Crippen molar-refractivity contribution in [1.29, 1.82) is 0 Å². The summed E-state index contributed by atoms with van der Waals surface area (Å²) in [5, 5.41) is 2.72. The molecule has 0 bridgehead atoms. The van der Waals surface area contributed by atoms with Crippen LogP contribution in [-0.4, -0.2) is 24.5 Å². The minimum atomic E-state index is -0.296. The maximum Gasteiger partial charge on any atom is 0.307 e. The van der Waals surface area contributed by atoms with Crippen LogP contribution in [0.2, 0.25) is 0 Å². The summed E-state index contributed by atoms with van der Waals surface area (Å²) in [5.74, 6) is -0.458. The number of amides is 1. The largest absolute Gasteiger partial charge is 0.463 e. The Balaban J connectivity index is 2.45. The molecular formula is C15H21NO3. The van der Waals surface area contributed by atoms with Crippen LogP contribution in [0.15, 0.2) is 18.2 Å². The molecule has 104 valence electrons. The van der Waals surface area contributed by atoms with E-state index < -0.39 is 0 Å². The third kappa shape index (κ3) is 5.55. The minimum absolute atomic E-state index is 0.123. The second-order valence-electron chi connectivity index (χ2n) is 4.92. The minimum Gasteiger partial charge on any atom is -0.463 e. The lowest BCUT2D eigenvalue weighted by Gasteiger charge is -2.09. The zero-order valence-electron chi connectivity index (χ0n) is 11.9. The van der Waals surface area contributed by atoms with E-state index in [0.29, 0.717) is 5.56 Å². The zero-order valence-corrected chi connectivity index (χ0v) is 11.9. The Labute approximate surface area is 114 Å². The van der Waals surface area contributed by atoms with E-state index in [1.54, 1.807) is 13.8 Å². The number of nitrogens with one attached hydrogen (secondary N) is 1. The molecule has 1 aromatic rings. The van der Waals surface area contributed by atoms with Crippen molar-refractivity contribution >= 4 is 11.9 Å². The van der Waals surface area contributed by atoms with Crippen molar-refractivity contribution in [2.75, 3.05) is 6.54 Å². The van der Waals surface area contributed by atoms with Gasteiger partial charge >= 0.3 is 5.97 Å². The zero-order chi connectivity index (χ0) is 14.4. The third-order valence-corrected chi connectivity index (χ3v) is 2.47. The Morgan fingerprint density at radius 1 is 1.16 bits per heavy atom. The maximum atomic E-state index is 11.9. The first-order valence-corrected chi connectivity index (χ1v) is 6.44. The molecule has 0 atom stereocenters. The van der Waals surface area contributed by atoms with Gasteiger partial charge in [-0.05, 0) is 39.8 Å². The number of hydrogen-bond donors (Lipinski definition) is 1. The molecule has 0 fully saturated rings. The van der Waals surface area contributed by atoms with E-state index >= 15 is 0 Å². The lowest BCUT2D eigenvalue weighted by atomic mass is 10.1. The molecule has 0 aromatic heterocycles. The predicted molar refractivity (Wildman–Crippen MR) is 74.1 cm³/mol. The maximum absolute atomic E-state index is 11.9. The van der Waals surface area contributed by atoms with Gasteiger partial charge in [0.1, 0.15) is 0 Å². The molecular weight excluding hydrogens is 242 g/mol. The van der Waals surface area contributed by atoms with Gasteiger partial charge in [0.2, 0.25) is 0 Å². The first-order valence-electron chi connectivity index (χ1n) is 6.44. The second kappa shape index (κ2) is 6.92. The Kier molecular flexibility index (Phi) is 5.55. The van der Waals surface area contributed by atoms with Crippen molar-refractivity contribution < 1.29 is 14.3 Å². The summed E-state index contributed by atoms with van der Waals surface area (Å²) in [6, 6.07) is 5.67. The summed E-state index contributed by atoms with van der Waals surface area (Å²) in [6.45, 7) is 7.78. The molecule has 0 unspecified atom stereocenters. The van der Waals surface area contributed by atoms with Crippen LogP contribution in [0.5, 0.6) is 0 Å². The summed E-state index contributed by atoms with van der Waals surface area (Å²) in [6.07, 6.45) is 0.0666. The third-order valence-electron chi connectivity index (χ3n) is 2.47. The molecule has 0 saturated heterocycles. The van der Waals surface area contributed by atoms with Crippen molar-refractivity contribution in [1.82, 2.24) is 5.32 Å². The van der Waals surface area contributed by atoms with E-state index in [-0.39, 0.29) is 30.9 Å². The van der Waals surface area contributed by atoms with Gasteiger partial charge in [0.15, 0.2) is 0 Å². The fourth-order valence-corrected chi connectivity index (χ4v) is 1.81. The van der Waals surface area contributed by atoms with Crippen LogP contribution >= 0.6 is 0 Å². The van der Waals surface area contributed by atoms with E-state index in [1.807, 2.05) is 32.0 Å². The number of carbonyl (C=O) groups excluding carboxylic acids is 2. The number of carbonyl (C=O) groups is 2. The molecule has 1 aromatic carbocycles. The summed E-state index contributed by atoms with van der Waals surface area (Å²) in [7, 11) is 0. The average Bonchev–Trinajstić information content (AvgIpc) is 2.26. The Morgan fingerprint density at radius 3 is 2.26 bits per heavy atom. The summed E-state index contributed by atoms with van der Waals surface area (Å²) >= 11 is 0. The number of rotatable bonds is 5. The van der Waals surface area contributed by atoms with E-state index in [2.05, 4.69) is 5.32 Å². The Bertz CT molecular complexity index is 446. The van der Waals surface area contributed by atoms with Crippen molar-refractivity contribution in [3.63, 3.8) is 0 Å². The summed E-state index contributed by atoms with van der Waals surface area (Å²) in [5.41, 5.74) is 2.71. The number of benzene rings is 1. The summed E-state index contributed by atoms with van der Waals surface area (Å²) in [4.78, 5) is 23.2. The van der Waals surface area contributed by atoms with Crippen molar-refractivity contribution in [3.8, 4) is 0 Å². The monoisotopic (exact) mass is 263 g/mol.